The summed E-state index contributed by atoms with van der Waals surface area (Å²) < 4.78 is 10.7. The highest BCUT2D eigenvalue weighted by Crippen LogP contribution is 2.67. The molecule has 8 nitrogen and oxygen atoms in total. The largest absolute Gasteiger partial charge is 0.497 e. The number of ether oxygens (including phenoxy) is 2. The molecule has 1 saturated carbocycles. The molecule has 1 heterocycles. The van der Waals surface area contributed by atoms with Crippen molar-refractivity contribution < 1.29 is 14.3 Å². The molecule has 2 aliphatic rings. The first-order valence-electron chi connectivity index (χ1n) is 9.60. The molecule has 2 aromatic rings. The van der Waals surface area contributed by atoms with E-state index in [1.165, 1.54) is 7.11 Å². The average molecular weight is 403 g/mol. The summed E-state index contributed by atoms with van der Waals surface area (Å²) in [5.74, 6) is 0.847. The van der Waals surface area contributed by atoms with Crippen LogP contribution in [0.5, 0.6) is 11.5 Å². The molecule has 1 aromatic carbocycles. The van der Waals surface area contributed by atoms with Gasteiger partial charge in [-0.3, -0.25) is 4.79 Å². The summed E-state index contributed by atoms with van der Waals surface area (Å²) in [6.45, 7) is 4.04. The zero-order valence-electron chi connectivity index (χ0n) is 17.2. The smallest absolute Gasteiger partial charge is 0.237 e. The molecule has 1 amide bonds. The summed E-state index contributed by atoms with van der Waals surface area (Å²) >= 11 is 0. The third-order valence-electron chi connectivity index (χ3n) is 6.69. The summed E-state index contributed by atoms with van der Waals surface area (Å²) in [7, 11) is 3.08. The number of nitriles is 2. The van der Waals surface area contributed by atoms with Gasteiger partial charge in [-0.25, -0.2) is 9.97 Å². The van der Waals surface area contributed by atoms with E-state index in [2.05, 4.69) is 15.3 Å². The van der Waals surface area contributed by atoms with Gasteiger partial charge >= 0.3 is 0 Å². The topological polar surface area (TPSA) is 121 Å². The minimum Gasteiger partial charge on any atom is -0.497 e. The van der Waals surface area contributed by atoms with Crippen LogP contribution in [0.1, 0.15) is 55.4 Å². The molecule has 30 heavy (non-hydrogen) atoms. The Kier molecular flexibility index (Phi) is 4.39. The first-order chi connectivity index (χ1) is 14.3. The second-order valence-electron chi connectivity index (χ2n) is 8.12. The second-order valence-corrected chi connectivity index (χ2v) is 8.12. The highest BCUT2D eigenvalue weighted by Gasteiger charge is 2.68. The van der Waals surface area contributed by atoms with Crippen LogP contribution < -0.4 is 14.8 Å². The van der Waals surface area contributed by atoms with E-state index in [4.69, 9.17) is 9.47 Å². The Hall–Kier alpha value is -3.65. The fourth-order valence-corrected chi connectivity index (χ4v) is 5.06. The average Bonchev–Trinajstić information content (AvgIpc) is 3.13. The first kappa shape index (κ1) is 19.7. The molecule has 2 bridgehead atoms. The molecular weight excluding hydrogens is 382 g/mol. The number of carbonyl (C=O) groups excluding carboxylic acids is 1. The minimum atomic E-state index is -0.965. The highest BCUT2D eigenvalue weighted by molar-refractivity contribution is 6.02. The number of fused-ring (bicyclic) bond motifs is 5. The number of hydrogen-bond donors (Lipinski definition) is 1. The molecule has 0 radical (unpaired) electrons. The van der Waals surface area contributed by atoms with E-state index in [9.17, 15) is 15.3 Å². The fourth-order valence-electron chi connectivity index (χ4n) is 5.06. The number of carbonyl (C=O) groups is 1. The van der Waals surface area contributed by atoms with E-state index in [0.29, 0.717) is 35.0 Å². The molecule has 0 saturated heterocycles. The number of aromatic nitrogens is 2. The molecule has 2 atom stereocenters. The van der Waals surface area contributed by atoms with E-state index >= 15 is 0 Å². The van der Waals surface area contributed by atoms with Gasteiger partial charge in [0.05, 0.1) is 36.7 Å². The normalized spacial score (nSPS) is 22.5. The van der Waals surface area contributed by atoms with Gasteiger partial charge in [0, 0.05) is 12.0 Å². The Bertz CT molecular complexity index is 1140. The molecule has 4 rings (SSSR count). The van der Waals surface area contributed by atoms with Crippen LogP contribution in [-0.2, 0) is 10.2 Å². The minimum absolute atomic E-state index is 0.00428. The van der Waals surface area contributed by atoms with Gasteiger partial charge in [0.15, 0.2) is 11.4 Å². The molecular formula is C22H21N5O3. The zero-order valence-corrected chi connectivity index (χ0v) is 17.2. The lowest BCUT2D eigenvalue weighted by Gasteiger charge is -2.36. The van der Waals surface area contributed by atoms with E-state index < -0.39 is 10.8 Å². The van der Waals surface area contributed by atoms with E-state index in [1.54, 1.807) is 25.3 Å². The standard InChI is InChI=1S/C22H21N5O3/c1-21(2)13-7-8-22(21,19-18(13)25-15(10-23)16(11-24)26-19)20(28)27-14-9-12(29-3)5-6-17(14)30-4/h5-6,9,13H,7-8H2,1-4H3,(H,27,28). The SMILES string of the molecule is COc1ccc(OC)c(NC(=O)C23CCC(c4nc(C#N)c(C#N)nc42)C3(C)C)c1. The molecule has 2 aliphatic carbocycles. The number of nitrogens with one attached hydrogen (secondary N) is 1. The molecule has 1 N–H and O–H groups in total. The number of anilines is 1. The predicted octanol–water partition coefficient (Wildman–Crippen LogP) is 3.03. The van der Waals surface area contributed by atoms with Crippen LogP contribution in [0.3, 0.4) is 0 Å². The van der Waals surface area contributed by atoms with Crippen LogP contribution in [-0.4, -0.2) is 30.1 Å². The van der Waals surface area contributed by atoms with Crippen LogP contribution in [0.2, 0.25) is 0 Å². The van der Waals surface area contributed by atoms with Crippen molar-refractivity contribution in [2.75, 3.05) is 19.5 Å². The number of rotatable bonds is 4. The molecule has 2 unspecified atom stereocenters. The molecule has 0 spiro atoms. The fraction of sp³-hybridized carbons (Fsp3) is 0.409. The highest BCUT2D eigenvalue weighted by atomic mass is 16.5. The summed E-state index contributed by atoms with van der Waals surface area (Å²) in [5, 5.41) is 21.8. The molecule has 0 aliphatic heterocycles. The van der Waals surface area contributed by atoms with Gasteiger partial charge in [-0.05, 0) is 30.4 Å². The van der Waals surface area contributed by atoms with Crippen molar-refractivity contribution in [1.29, 1.82) is 10.5 Å². The van der Waals surface area contributed by atoms with Gasteiger partial charge in [0.25, 0.3) is 0 Å². The predicted molar refractivity (Wildman–Crippen MR) is 107 cm³/mol. The number of nitrogens with zero attached hydrogens (tertiary/aromatic N) is 4. The van der Waals surface area contributed by atoms with Crippen molar-refractivity contribution in [1.82, 2.24) is 9.97 Å². The number of benzene rings is 1. The quantitative estimate of drug-likeness (QED) is 0.833. The van der Waals surface area contributed by atoms with Gasteiger partial charge in [-0.15, -0.1) is 0 Å². The van der Waals surface area contributed by atoms with Crippen molar-refractivity contribution in [3.8, 4) is 23.6 Å². The summed E-state index contributed by atoms with van der Waals surface area (Å²) in [6, 6.07) is 9.06. The summed E-state index contributed by atoms with van der Waals surface area (Å²) in [5.41, 5.74) is 0.148. The van der Waals surface area contributed by atoms with E-state index in [-0.39, 0.29) is 23.2 Å². The molecule has 1 fully saturated rings. The van der Waals surface area contributed by atoms with Gasteiger partial charge in [-0.1, -0.05) is 13.8 Å². The molecule has 1 aromatic heterocycles. The number of hydrogen-bond acceptors (Lipinski definition) is 7. The summed E-state index contributed by atoms with van der Waals surface area (Å²) in [6.07, 6.45) is 1.34. The monoisotopic (exact) mass is 403 g/mol. The maximum absolute atomic E-state index is 13.8. The van der Waals surface area contributed by atoms with Crippen molar-refractivity contribution in [3.63, 3.8) is 0 Å². The number of methoxy groups -OCH3 is 2. The lowest BCUT2D eigenvalue weighted by atomic mass is 9.67. The lowest BCUT2D eigenvalue weighted by Crippen LogP contribution is -2.46. The third-order valence-corrected chi connectivity index (χ3v) is 6.69. The van der Waals surface area contributed by atoms with Gasteiger partial charge < -0.3 is 14.8 Å². The van der Waals surface area contributed by atoms with Crippen LogP contribution in [0.15, 0.2) is 18.2 Å². The second kappa shape index (κ2) is 6.70. The number of amides is 1. The third kappa shape index (κ3) is 2.40. The Balaban J connectivity index is 1.84. The van der Waals surface area contributed by atoms with E-state index in [0.717, 1.165) is 6.42 Å². The Labute approximate surface area is 174 Å². The lowest BCUT2D eigenvalue weighted by molar-refractivity contribution is -0.124. The van der Waals surface area contributed by atoms with Gasteiger partial charge in [0.2, 0.25) is 5.91 Å². The van der Waals surface area contributed by atoms with Crippen LogP contribution in [0.25, 0.3) is 0 Å². The van der Waals surface area contributed by atoms with Gasteiger partial charge in [-0.2, -0.15) is 10.5 Å². The van der Waals surface area contributed by atoms with Crippen molar-refractivity contribution >= 4 is 11.6 Å². The Morgan fingerprint density at radius 3 is 2.50 bits per heavy atom. The van der Waals surface area contributed by atoms with Gasteiger partial charge in [0.1, 0.15) is 23.6 Å². The first-order valence-corrected chi connectivity index (χ1v) is 9.60. The maximum atomic E-state index is 13.8. The van der Waals surface area contributed by atoms with Crippen molar-refractivity contribution in [2.24, 2.45) is 5.41 Å². The Morgan fingerprint density at radius 1 is 1.17 bits per heavy atom. The van der Waals surface area contributed by atoms with Crippen molar-refractivity contribution in [2.45, 2.75) is 38.0 Å². The maximum Gasteiger partial charge on any atom is 0.237 e. The van der Waals surface area contributed by atoms with E-state index in [1.807, 2.05) is 26.0 Å². The van der Waals surface area contributed by atoms with Crippen LogP contribution in [0, 0.1) is 28.1 Å². The van der Waals surface area contributed by atoms with Crippen LogP contribution in [0.4, 0.5) is 5.69 Å². The molecule has 8 heteroatoms. The molecule has 152 valence electrons. The van der Waals surface area contributed by atoms with Crippen molar-refractivity contribution in [3.05, 3.63) is 41.0 Å². The summed E-state index contributed by atoms with van der Waals surface area (Å²) in [4.78, 5) is 22.7. The van der Waals surface area contributed by atoms with Crippen LogP contribution >= 0.6 is 0 Å². The Morgan fingerprint density at radius 2 is 1.87 bits per heavy atom. The zero-order chi connectivity index (χ0) is 21.7.